The van der Waals surface area contributed by atoms with Crippen LogP contribution in [-0.4, -0.2) is 140 Å². The van der Waals surface area contributed by atoms with Crippen LogP contribution in [-0.2, 0) is 34.1 Å². The summed E-state index contributed by atoms with van der Waals surface area (Å²) >= 11 is 5.70. The van der Waals surface area contributed by atoms with Crippen LogP contribution in [0, 0.1) is 5.41 Å². The van der Waals surface area contributed by atoms with Crippen molar-refractivity contribution in [1.29, 1.82) is 0 Å². The average molecular weight is 953 g/mol. The molecule has 1 saturated heterocycles. The summed E-state index contributed by atoms with van der Waals surface area (Å²) in [6, 6.07) is 5.19. The van der Waals surface area contributed by atoms with Gasteiger partial charge in [-0.2, -0.15) is 8.42 Å². The number of halogens is 1. The first-order valence-corrected chi connectivity index (χ1v) is 25.7. The molecule has 1 N–H and O–H groups in total. The second-order valence-electron chi connectivity index (χ2n) is 16.8. The summed E-state index contributed by atoms with van der Waals surface area (Å²) in [7, 11) is -4.35. The summed E-state index contributed by atoms with van der Waals surface area (Å²) < 4.78 is 44.0. The SMILES string of the molecule is CCN(CC)CC.CCN(OCCOCCCCCCCl)C(=O)CCCCCN1C(=O)C(=CC=C2C=C(C(C)(C)C)c3ccc(N(CC)CC)cc3O2)C(=O)N(CCCS(=O)(=O)O)C1=O. The Morgan fingerprint density at radius 1 is 0.785 bits per heavy atom. The molecule has 15 nitrogen and oxygen atoms in total. The highest BCUT2D eigenvalue weighted by Crippen LogP contribution is 2.44. The van der Waals surface area contributed by atoms with Crippen molar-refractivity contribution in [2.24, 2.45) is 5.41 Å². The lowest BCUT2D eigenvalue weighted by atomic mass is 9.80. The van der Waals surface area contributed by atoms with E-state index in [9.17, 15) is 32.1 Å². The fourth-order valence-corrected chi connectivity index (χ4v) is 7.99. The number of alkyl halides is 1. The number of carbonyl (C=O) groups is 4. The number of urea groups is 1. The van der Waals surface area contributed by atoms with Gasteiger partial charge in [0.15, 0.2) is 0 Å². The van der Waals surface area contributed by atoms with Gasteiger partial charge in [-0.3, -0.25) is 33.6 Å². The monoisotopic (exact) mass is 952 g/mol. The minimum Gasteiger partial charge on any atom is -0.457 e. The van der Waals surface area contributed by atoms with Crippen molar-refractivity contribution >= 4 is 56.7 Å². The van der Waals surface area contributed by atoms with Crippen LogP contribution in [0.4, 0.5) is 10.5 Å². The molecule has 1 fully saturated rings. The molecule has 1 aromatic carbocycles. The lowest BCUT2D eigenvalue weighted by Crippen LogP contribution is -2.56. The summed E-state index contributed by atoms with van der Waals surface area (Å²) in [5.74, 6) is -0.846. The molecule has 17 heteroatoms. The normalized spacial score (nSPS) is 15.6. The molecule has 5 amide bonds. The number of anilines is 1. The molecule has 2 heterocycles. The zero-order valence-corrected chi connectivity index (χ0v) is 42.2. The standard InChI is InChI=1S/C42H63ClN4O10S.C6H15N/c1-7-44(8-2)32-19-21-34-36(42(4,5)6)31-33(57-37(34)30-32)20-22-35-39(49)45(41(51)46(40(35)50)25-17-29-58(52,53)54)24-15-12-13-18-38(48)47(9-3)56-28-27-55-26-16-11-10-14-23-43;1-4-7(5-2)6-3/h19-22,30-31H,7-18,23-29H2,1-6H3,(H,52,53,54);4-6H2,1-3H3. The summed E-state index contributed by atoms with van der Waals surface area (Å²) in [6.07, 6.45) is 10.1. The Kier molecular flexibility index (Phi) is 26.2. The predicted molar refractivity (Wildman–Crippen MR) is 259 cm³/mol. The summed E-state index contributed by atoms with van der Waals surface area (Å²) in [4.78, 5) is 65.8. The Morgan fingerprint density at radius 3 is 1.95 bits per heavy atom. The number of carbonyl (C=O) groups excluding carboxylic acids is 4. The van der Waals surface area contributed by atoms with E-state index >= 15 is 0 Å². The van der Waals surface area contributed by atoms with Crippen LogP contribution in [0.25, 0.3) is 5.57 Å². The molecule has 0 radical (unpaired) electrons. The molecule has 2 aliphatic rings. The van der Waals surface area contributed by atoms with E-state index in [1.165, 1.54) is 36.8 Å². The number of hydrogen-bond donors (Lipinski definition) is 1. The van der Waals surface area contributed by atoms with E-state index in [-0.39, 0.29) is 49.4 Å². The van der Waals surface area contributed by atoms with Gasteiger partial charge in [-0.25, -0.2) is 9.86 Å². The molecule has 2 aliphatic heterocycles. The molecule has 0 unspecified atom stereocenters. The second-order valence-corrected chi connectivity index (χ2v) is 18.8. The van der Waals surface area contributed by atoms with E-state index in [2.05, 4.69) is 71.3 Å². The van der Waals surface area contributed by atoms with E-state index in [1.807, 2.05) is 25.1 Å². The molecule has 0 bridgehead atoms. The van der Waals surface area contributed by atoms with Gasteiger partial charge in [0.25, 0.3) is 21.9 Å². The molecule has 0 atom stereocenters. The zero-order valence-electron chi connectivity index (χ0n) is 40.7. The zero-order chi connectivity index (χ0) is 48.6. The fourth-order valence-electron chi connectivity index (χ4n) is 7.31. The number of rotatable bonds is 28. The maximum Gasteiger partial charge on any atom is 0.333 e. The van der Waals surface area contributed by atoms with E-state index in [0.29, 0.717) is 56.4 Å². The fraction of sp³-hybridized carbons (Fsp3) is 0.667. The Bertz CT molecular complexity index is 1870. The molecule has 65 heavy (non-hydrogen) atoms. The number of hydrogen-bond acceptors (Lipinski definition) is 11. The third kappa shape index (κ3) is 19.5. The van der Waals surface area contributed by atoms with E-state index < -0.39 is 33.7 Å². The lowest BCUT2D eigenvalue weighted by Gasteiger charge is -2.34. The molecule has 0 spiro atoms. The summed E-state index contributed by atoms with van der Waals surface area (Å²) in [5.41, 5.74) is 2.34. The van der Waals surface area contributed by atoms with Gasteiger partial charge in [0.2, 0.25) is 5.91 Å². The third-order valence-corrected chi connectivity index (χ3v) is 12.2. The van der Waals surface area contributed by atoms with E-state index in [0.717, 1.165) is 65.4 Å². The van der Waals surface area contributed by atoms with Crippen LogP contribution in [0.1, 0.15) is 126 Å². The van der Waals surface area contributed by atoms with Crippen molar-refractivity contribution in [2.75, 3.05) is 88.7 Å². The third-order valence-electron chi connectivity index (χ3n) is 11.1. The summed E-state index contributed by atoms with van der Waals surface area (Å²) in [5, 5.41) is 1.31. The lowest BCUT2D eigenvalue weighted by molar-refractivity contribution is -0.189. The van der Waals surface area contributed by atoms with Crippen LogP contribution >= 0.6 is 11.6 Å². The number of allylic oxidation sites excluding steroid dienone is 4. The van der Waals surface area contributed by atoms with Crippen LogP contribution < -0.4 is 9.64 Å². The first kappa shape index (κ1) is 57.3. The van der Waals surface area contributed by atoms with Crippen LogP contribution in [0.15, 0.2) is 47.8 Å². The van der Waals surface area contributed by atoms with E-state index in [1.54, 1.807) is 0 Å². The van der Waals surface area contributed by atoms with Crippen molar-refractivity contribution in [3.63, 3.8) is 0 Å². The van der Waals surface area contributed by atoms with Crippen molar-refractivity contribution in [3.8, 4) is 5.75 Å². The van der Waals surface area contributed by atoms with Crippen LogP contribution in [0.5, 0.6) is 5.75 Å². The first-order chi connectivity index (χ1) is 30.9. The Labute approximate surface area is 394 Å². The van der Waals surface area contributed by atoms with Gasteiger partial charge >= 0.3 is 6.03 Å². The topological polar surface area (TPSA) is 167 Å². The summed E-state index contributed by atoms with van der Waals surface area (Å²) in [6.45, 7) is 25.2. The van der Waals surface area contributed by atoms with Gasteiger partial charge in [0.1, 0.15) is 17.1 Å². The van der Waals surface area contributed by atoms with Crippen molar-refractivity contribution in [2.45, 2.75) is 120 Å². The van der Waals surface area contributed by atoms with Crippen molar-refractivity contribution in [1.82, 2.24) is 19.8 Å². The highest BCUT2D eigenvalue weighted by atomic mass is 35.5. The molecule has 3 rings (SSSR count). The number of benzene rings is 1. The predicted octanol–water partition coefficient (Wildman–Crippen LogP) is 8.74. The number of barbiturate groups is 1. The number of fused-ring (bicyclic) bond motifs is 1. The van der Waals surface area contributed by atoms with Gasteiger partial charge in [0, 0.05) is 68.9 Å². The van der Waals surface area contributed by atoms with Crippen LogP contribution in [0.2, 0.25) is 0 Å². The van der Waals surface area contributed by atoms with Gasteiger partial charge in [-0.15, -0.1) is 11.6 Å². The maximum absolute atomic E-state index is 13.8. The van der Waals surface area contributed by atoms with Gasteiger partial charge in [0.05, 0.1) is 19.0 Å². The minimum atomic E-state index is -4.35. The molecule has 1 aromatic rings. The van der Waals surface area contributed by atoms with Crippen molar-refractivity contribution in [3.05, 3.63) is 53.3 Å². The largest absolute Gasteiger partial charge is 0.457 e. The molecule has 368 valence electrons. The average Bonchev–Trinajstić information content (AvgIpc) is 3.26. The second kappa shape index (κ2) is 29.8. The number of nitrogens with zero attached hydrogens (tertiary/aromatic N) is 5. The van der Waals surface area contributed by atoms with Gasteiger partial charge in [-0.1, -0.05) is 60.8 Å². The highest BCUT2D eigenvalue weighted by molar-refractivity contribution is 7.85. The highest BCUT2D eigenvalue weighted by Gasteiger charge is 2.41. The quantitative estimate of drug-likeness (QED) is 0.0212. The molecule has 0 aromatic heterocycles. The first-order valence-electron chi connectivity index (χ1n) is 23.5. The van der Waals surface area contributed by atoms with Gasteiger partial charge < -0.3 is 19.3 Å². The van der Waals surface area contributed by atoms with E-state index in [4.69, 9.17) is 25.9 Å². The Hall–Kier alpha value is -3.80. The number of amides is 5. The molecule has 0 saturated carbocycles. The Morgan fingerprint density at radius 2 is 1.40 bits per heavy atom. The molecular formula is C48H78ClN5O10S. The molecule has 0 aliphatic carbocycles. The van der Waals surface area contributed by atoms with Gasteiger partial charge in [-0.05, 0) is 114 Å². The maximum atomic E-state index is 13.8. The smallest absolute Gasteiger partial charge is 0.333 e. The molecular weight excluding hydrogens is 874 g/mol. The minimum absolute atomic E-state index is 0.0366. The van der Waals surface area contributed by atoms with Crippen molar-refractivity contribution < 1.29 is 46.5 Å². The number of hydroxylamine groups is 2. The number of ether oxygens (including phenoxy) is 2. The Balaban J connectivity index is 0.00000191. The van der Waals surface area contributed by atoms with Crippen LogP contribution in [0.3, 0.4) is 0 Å². The number of imide groups is 2. The number of unbranched alkanes of at least 4 members (excludes halogenated alkanes) is 5.